The van der Waals surface area contributed by atoms with E-state index in [0.717, 1.165) is 16.9 Å². The Hall–Kier alpha value is -1.98. The van der Waals surface area contributed by atoms with Crippen LogP contribution in [0.5, 0.6) is 5.75 Å². The van der Waals surface area contributed by atoms with E-state index in [2.05, 4.69) is 0 Å². The second-order valence-electron chi connectivity index (χ2n) is 5.22. The highest BCUT2D eigenvalue weighted by Crippen LogP contribution is 2.29. The summed E-state index contributed by atoms with van der Waals surface area (Å²) < 4.78 is 5.81. The number of benzene rings is 2. The first kappa shape index (κ1) is 14.9. The molecular weight excluding hydrogens is 298 g/mol. The van der Waals surface area contributed by atoms with Crippen molar-refractivity contribution in [1.29, 1.82) is 0 Å². The Balaban J connectivity index is 1.64. The van der Waals surface area contributed by atoms with Crippen molar-refractivity contribution in [2.24, 2.45) is 0 Å². The molecule has 0 bridgehead atoms. The van der Waals surface area contributed by atoms with Crippen LogP contribution in [-0.2, 0) is 11.4 Å². The van der Waals surface area contributed by atoms with Gasteiger partial charge in [-0.2, -0.15) is 0 Å². The van der Waals surface area contributed by atoms with Crippen LogP contribution in [0.4, 0.5) is 0 Å². The van der Waals surface area contributed by atoms with Crippen LogP contribution in [0, 0.1) is 0 Å². The molecule has 1 fully saturated rings. The first-order chi connectivity index (χ1) is 10.7. The van der Waals surface area contributed by atoms with Crippen molar-refractivity contribution in [3.8, 4) is 5.75 Å². The maximum atomic E-state index is 10.9. The van der Waals surface area contributed by atoms with Gasteiger partial charge in [-0.25, -0.2) is 0 Å². The minimum absolute atomic E-state index is 0.0863. The third-order valence-electron chi connectivity index (χ3n) is 3.60. The van der Waals surface area contributed by atoms with Gasteiger partial charge in [-0.05, 0) is 17.7 Å². The Kier molecular flexibility index (Phi) is 4.65. The number of thioether (sulfide) groups is 1. The summed E-state index contributed by atoms with van der Waals surface area (Å²) in [6.45, 7) is 0.521. The SMILES string of the molecule is O=C([O-])[C@H]1CS[C@@H](c2cccc(OCc3ccccc3)c2)[NH2+]1. The van der Waals surface area contributed by atoms with E-state index < -0.39 is 12.0 Å². The Labute approximate surface area is 133 Å². The molecule has 0 aromatic heterocycles. The van der Waals surface area contributed by atoms with Gasteiger partial charge in [0.25, 0.3) is 0 Å². The molecule has 1 saturated heterocycles. The van der Waals surface area contributed by atoms with Gasteiger partial charge >= 0.3 is 0 Å². The van der Waals surface area contributed by atoms with Crippen molar-refractivity contribution in [2.45, 2.75) is 18.0 Å². The summed E-state index contributed by atoms with van der Waals surface area (Å²) >= 11 is 1.62. The molecule has 1 heterocycles. The molecule has 1 aliphatic rings. The maximum Gasteiger partial charge on any atom is 0.159 e. The standard InChI is InChI=1S/C17H17NO3S/c19-17(20)15-11-22-16(18-15)13-7-4-8-14(9-13)21-10-12-5-2-1-3-6-12/h1-9,15-16,18H,10-11H2,(H,19,20)/t15-,16+/m1/s1. The molecule has 3 rings (SSSR count). The fraction of sp³-hybridized carbons (Fsp3) is 0.235. The summed E-state index contributed by atoms with van der Waals surface area (Å²) in [5, 5.41) is 12.9. The molecule has 2 aromatic rings. The number of carbonyl (C=O) groups excluding carboxylic acids is 1. The molecule has 0 saturated carbocycles. The van der Waals surface area contributed by atoms with E-state index in [4.69, 9.17) is 4.74 Å². The van der Waals surface area contributed by atoms with Crippen molar-refractivity contribution >= 4 is 17.7 Å². The summed E-state index contributed by atoms with van der Waals surface area (Å²) in [6, 6.07) is 17.4. The largest absolute Gasteiger partial charge is 0.544 e. The molecule has 0 unspecified atom stereocenters. The lowest BCUT2D eigenvalue weighted by Gasteiger charge is -2.12. The molecule has 5 heteroatoms. The van der Waals surface area contributed by atoms with Crippen LogP contribution in [0.15, 0.2) is 54.6 Å². The van der Waals surface area contributed by atoms with E-state index in [1.54, 1.807) is 11.8 Å². The van der Waals surface area contributed by atoms with Crippen LogP contribution in [-0.4, -0.2) is 17.8 Å². The van der Waals surface area contributed by atoms with Gasteiger partial charge in [-0.15, -0.1) is 0 Å². The number of carboxylic acids is 1. The average Bonchev–Trinajstić information content (AvgIpc) is 3.05. The summed E-state index contributed by atoms with van der Waals surface area (Å²) in [7, 11) is 0. The number of carboxylic acid groups (broad SMARTS) is 1. The molecule has 0 radical (unpaired) electrons. The first-order valence-electron chi connectivity index (χ1n) is 7.16. The fourth-order valence-electron chi connectivity index (χ4n) is 2.41. The number of rotatable bonds is 5. The zero-order valence-electron chi connectivity index (χ0n) is 12.0. The fourth-order valence-corrected chi connectivity index (χ4v) is 3.71. The monoisotopic (exact) mass is 315 g/mol. The predicted molar refractivity (Wildman–Crippen MR) is 83.1 cm³/mol. The third-order valence-corrected chi connectivity index (χ3v) is 4.94. The van der Waals surface area contributed by atoms with Gasteiger partial charge in [0.05, 0.1) is 5.75 Å². The van der Waals surface area contributed by atoms with Crippen molar-refractivity contribution in [3.63, 3.8) is 0 Å². The lowest BCUT2D eigenvalue weighted by Crippen LogP contribution is -2.90. The van der Waals surface area contributed by atoms with Gasteiger partial charge in [-0.3, -0.25) is 0 Å². The first-order valence-corrected chi connectivity index (χ1v) is 8.21. The molecule has 22 heavy (non-hydrogen) atoms. The number of hydrogen-bond donors (Lipinski definition) is 1. The summed E-state index contributed by atoms with van der Waals surface area (Å²) in [4.78, 5) is 10.9. The number of aliphatic carboxylic acids is 1. The van der Waals surface area contributed by atoms with Gasteiger partial charge in [-0.1, -0.05) is 54.2 Å². The van der Waals surface area contributed by atoms with Gasteiger partial charge < -0.3 is 20.0 Å². The Bertz CT molecular complexity index is 647. The van der Waals surface area contributed by atoms with Gasteiger partial charge in [0.1, 0.15) is 24.4 Å². The molecule has 114 valence electrons. The Morgan fingerprint density at radius 1 is 1.23 bits per heavy atom. The Morgan fingerprint density at radius 3 is 2.77 bits per heavy atom. The van der Waals surface area contributed by atoms with Crippen LogP contribution in [0.2, 0.25) is 0 Å². The third kappa shape index (κ3) is 3.61. The van der Waals surface area contributed by atoms with Gasteiger partial charge in [0.2, 0.25) is 0 Å². The lowest BCUT2D eigenvalue weighted by molar-refractivity contribution is -0.690. The van der Waals surface area contributed by atoms with Crippen molar-refractivity contribution < 1.29 is 20.0 Å². The molecule has 0 spiro atoms. The molecule has 2 aromatic carbocycles. The van der Waals surface area contributed by atoms with Crippen LogP contribution in [0.3, 0.4) is 0 Å². The number of carbonyl (C=O) groups is 1. The van der Waals surface area contributed by atoms with Crippen LogP contribution >= 0.6 is 11.8 Å². The van der Waals surface area contributed by atoms with E-state index in [0.29, 0.717) is 12.4 Å². The summed E-state index contributed by atoms with van der Waals surface area (Å²) in [6.07, 6.45) is 0. The van der Waals surface area contributed by atoms with Crippen LogP contribution in [0.1, 0.15) is 16.5 Å². The van der Waals surface area contributed by atoms with Crippen molar-refractivity contribution in [1.82, 2.24) is 0 Å². The molecule has 2 N–H and O–H groups in total. The minimum atomic E-state index is -0.994. The van der Waals surface area contributed by atoms with Gasteiger partial charge in [0.15, 0.2) is 5.37 Å². The summed E-state index contributed by atoms with van der Waals surface area (Å²) in [5.41, 5.74) is 2.19. The highest BCUT2D eigenvalue weighted by Gasteiger charge is 2.30. The molecule has 0 amide bonds. The lowest BCUT2D eigenvalue weighted by atomic mass is 10.2. The highest BCUT2D eigenvalue weighted by molar-refractivity contribution is 7.99. The topological polar surface area (TPSA) is 66.0 Å². The zero-order chi connectivity index (χ0) is 15.4. The number of ether oxygens (including phenoxy) is 1. The minimum Gasteiger partial charge on any atom is -0.544 e. The maximum absolute atomic E-state index is 10.9. The Morgan fingerprint density at radius 2 is 2.05 bits per heavy atom. The average molecular weight is 315 g/mol. The van der Waals surface area contributed by atoms with E-state index in [1.165, 1.54) is 0 Å². The second kappa shape index (κ2) is 6.85. The van der Waals surface area contributed by atoms with E-state index in [1.807, 2.05) is 59.9 Å². The molecule has 4 nitrogen and oxygen atoms in total. The van der Waals surface area contributed by atoms with Crippen LogP contribution in [0.25, 0.3) is 0 Å². The van der Waals surface area contributed by atoms with E-state index in [9.17, 15) is 9.90 Å². The molecule has 0 aliphatic carbocycles. The van der Waals surface area contributed by atoms with Crippen molar-refractivity contribution in [3.05, 3.63) is 65.7 Å². The highest BCUT2D eigenvalue weighted by atomic mass is 32.2. The normalized spacial score (nSPS) is 20.7. The predicted octanol–water partition coefficient (Wildman–Crippen LogP) is 0.693. The van der Waals surface area contributed by atoms with Crippen LogP contribution < -0.4 is 15.2 Å². The molecular formula is C17H17NO3S. The second-order valence-corrected chi connectivity index (χ2v) is 6.39. The molecule has 1 aliphatic heterocycles. The van der Waals surface area contributed by atoms with Crippen molar-refractivity contribution in [2.75, 3.05) is 5.75 Å². The molecule has 2 atom stereocenters. The quantitative estimate of drug-likeness (QED) is 0.882. The van der Waals surface area contributed by atoms with E-state index in [-0.39, 0.29) is 5.37 Å². The number of nitrogens with two attached hydrogens (primary N) is 1. The summed E-state index contributed by atoms with van der Waals surface area (Å²) in [5.74, 6) is 0.376. The van der Waals surface area contributed by atoms with E-state index >= 15 is 0 Å². The van der Waals surface area contributed by atoms with Gasteiger partial charge in [0, 0.05) is 5.56 Å². The smallest absolute Gasteiger partial charge is 0.159 e. The zero-order valence-corrected chi connectivity index (χ0v) is 12.8. The number of quaternary nitrogens is 1. The number of hydrogen-bond acceptors (Lipinski definition) is 4.